The minimum absolute atomic E-state index is 0.246. The summed E-state index contributed by atoms with van der Waals surface area (Å²) < 4.78 is 5.04. The van der Waals surface area contributed by atoms with Gasteiger partial charge in [0.05, 0.1) is 13.3 Å². The lowest BCUT2D eigenvalue weighted by atomic mass is 10.2. The maximum Gasteiger partial charge on any atom is 0.321 e. The second-order valence-corrected chi connectivity index (χ2v) is 5.93. The summed E-state index contributed by atoms with van der Waals surface area (Å²) in [6.07, 6.45) is 2.66. The van der Waals surface area contributed by atoms with Crippen molar-refractivity contribution in [3.05, 3.63) is 36.0 Å². The van der Waals surface area contributed by atoms with Gasteiger partial charge in [-0.2, -0.15) is 0 Å². The van der Waals surface area contributed by atoms with E-state index in [0.29, 0.717) is 16.7 Å². The molecule has 6 nitrogen and oxygen atoms in total. The lowest BCUT2D eigenvalue weighted by molar-refractivity contribution is 0.252. The summed E-state index contributed by atoms with van der Waals surface area (Å²) in [6.45, 7) is 2.39. The first kappa shape index (κ1) is 14.6. The number of nitrogens with zero attached hydrogens (tertiary/aromatic N) is 2. The van der Waals surface area contributed by atoms with Gasteiger partial charge in [-0.3, -0.25) is 5.32 Å². The van der Waals surface area contributed by atoms with E-state index >= 15 is 0 Å². The molecule has 0 unspecified atom stereocenters. The summed E-state index contributed by atoms with van der Waals surface area (Å²) in [5, 5.41) is 6.75. The van der Waals surface area contributed by atoms with Crippen LogP contribution in [-0.4, -0.2) is 37.8 Å². The first-order valence-electron chi connectivity index (χ1n) is 7.14. The molecule has 116 valence electrons. The molecule has 0 radical (unpaired) electrons. The molecule has 0 fully saturated rings. The summed E-state index contributed by atoms with van der Waals surface area (Å²) in [6, 6.07) is 8.16. The third-order valence-electron chi connectivity index (χ3n) is 3.56. The Bertz CT molecular complexity index is 658. The van der Waals surface area contributed by atoms with E-state index in [1.807, 2.05) is 6.07 Å². The molecule has 0 saturated carbocycles. The van der Waals surface area contributed by atoms with Gasteiger partial charge in [0.15, 0.2) is 10.2 Å². The average Bonchev–Trinajstić information content (AvgIpc) is 3.14. The lowest BCUT2D eigenvalue weighted by Gasteiger charge is -2.19. The van der Waals surface area contributed by atoms with E-state index in [4.69, 9.17) is 4.74 Å². The van der Waals surface area contributed by atoms with E-state index < -0.39 is 0 Å². The maximum absolute atomic E-state index is 11.8. The summed E-state index contributed by atoms with van der Waals surface area (Å²) in [4.78, 5) is 18.2. The van der Waals surface area contributed by atoms with Crippen molar-refractivity contribution in [3.63, 3.8) is 0 Å². The number of ether oxygens (including phenoxy) is 1. The predicted molar refractivity (Wildman–Crippen MR) is 88.0 cm³/mol. The largest absolute Gasteiger partial charge is 0.486 e. The van der Waals surface area contributed by atoms with Gasteiger partial charge in [0, 0.05) is 25.3 Å². The van der Waals surface area contributed by atoms with Gasteiger partial charge in [-0.05, 0) is 18.1 Å². The zero-order valence-corrected chi connectivity index (χ0v) is 13.2. The molecule has 0 aliphatic carbocycles. The number of fused-ring (bicyclic) bond motifs is 1. The molecule has 1 aromatic carbocycles. The molecule has 7 heteroatoms. The van der Waals surface area contributed by atoms with E-state index in [1.165, 1.54) is 22.6 Å². The monoisotopic (exact) mass is 318 g/mol. The quantitative estimate of drug-likeness (QED) is 0.888. The summed E-state index contributed by atoms with van der Waals surface area (Å²) in [5.74, 6) is 0. The molecular formula is C15H18N4O2S. The average molecular weight is 318 g/mol. The lowest BCUT2D eigenvalue weighted by Crippen LogP contribution is -2.36. The van der Waals surface area contributed by atoms with Crippen LogP contribution in [0.25, 0.3) is 0 Å². The van der Waals surface area contributed by atoms with Crippen LogP contribution in [0.2, 0.25) is 0 Å². The number of thiazole rings is 1. The number of urea groups is 1. The number of benzene rings is 1. The highest BCUT2D eigenvalue weighted by atomic mass is 32.1. The number of hydrogen-bond acceptors (Lipinski definition) is 5. The van der Waals surface area contributed by atoms with Gasteiger partial charge in [-0.15, -0.1) is 0 Å². The van der Waals surface area contributed by atoms with E-state index in [1.54, 1.807) is 13.3 Å². The standard InChI is InChI=1S/C15H18N4O2S/c1-21-13-10-17-15(22-13)18-14(20)16-7-9-19-8-6-11-4-2-3-5-12(11)19/h2-5,10H,6-9H2,1H3,(H2,16,17,18,20). The van der Waals surface area contributed by atoms with Crippen molar-refractivity contribution in [2.24, 2.45) is 0 Å². The van der Waals surface area contributed by atoms with Gasteiger partial charge >= 0.3 is 6.03 Å². The fourth-order valence-electron chi connectivity index (χ4n) is 2.50. The SMILES string of the molecule is COc1cnc(NC(=O)NCCN2CCc3ccccc32)s1. The van der Waals surface area contributed by atoms with Gasteiger partial charge in [0.2, 0.25) is 0 Å². The zero-order chi connectivity index (χ0) is 15.4. The fraction of sp³-hybridized carbons (Fsp3) is 0.333. The Morgan fingerprint density at radius 2 is 2.32 bits per heavy atom. The molecule has 2 amide bonds. The van der Waals surface area contributed by atoms with Crippen molar-refractivity contribution in [2.45, 2.75) is 6.42 Å². The smallest absolute Gasteiger partial charge is 0.321 e. The highest BCUT2D eigenvalue weighted by Crippen LogP contribution is 2.27. The molecule has 1 aliphatic heterocycles. The van der Waals surface area contributed by atoms with Crippen molar-refractivity contribution in [2.75, 3.05) is 37.0 Å². The van der Waals surface area contributed by atoms with E-state index in [0.717, 1.165) is 19.5 Å². The van der Waals surface area contributed by atoms with Crippen LogP contribution in [0.1, 0.15) is 5.56 Å². The Labute approximate surface area is 133 Å². The van der Waals surface area contributed by atoms with Gasteiger partial charge in [0.1, 0.15) is 0 Å². The first-order chi connectivity index (χ1) is 10.8. The number of carbonyl (C=O) groups excluding carboxylic acids is 1. The van der Waals surface area contributed by atoms with Gasteiger partial charge < -0.3 is 15.0 Å². The van der Waals surface area contributed by atoms with E-state index in [2.05, 4.69) is 38.7 Å². The number of carbonyl (C=O) groups is 1. The van der Waals surface area contributed by atoms with Gasteiger partial charge in [0.25, 0.3) is 0 Å². The molecule has 0 bridgehead atoms. The summed E-state index contributed by atoms with van der Waals surface area (Å²) in [7, 11) is 1.57. The van der Waals surface area contributed by atoms with Gasteiger partial charge in [-0.25, -0.2) is 9.78 Å². The Hall–Kier alpha value is -2.28. The molecule has 1 aromatic heterocycles. The molecule has 0 saturated heterocycles. The minimum Gasteiger partial charge on any atom is -0.486 e. The third kappa shape index (κ3) is 3.30. The van der Waals surface area contributed by atoms with Crippen LogP contribution in [0.5, 0.6) is 5.06 Å². The second-order valence-electron chi connectivity index (χ2n) is 4.94. The molecule has 2 N–H and O–H groups in total. The van der Waals surface area contributed by atoms with Crippen LogP contribution in [0.4, 0.5) is 15.6 Å². The van der Waals surface area contributed by atoms with Crippen LogP contribution in [0.15, 0.2) is 30.5 Å². The first-order valence-corrected chi connectivity index (χ1v) is 7.95. The Kier molecular flexibility index (Phi) is 4.43. The summed E-state index contributed by atoms with van der Waals surface area (Å²) >= 11 is 1.29. The molecule has 1 aliphatic rings. The number of methoxy groups -OCH3 is 1. The number of anilines is 2. The van der Waals surface area contributed by atoms with Crippen LogP contribution in [0.3, 0.4) is 0 Å². The van der Waals surface area contributed by atoms with Crippen molar-refractivity contribution in [1.29, 1.82) is 0 Å². The number of rotatable bonds is 5. The van der Waals surface area contributed by atoms with E-state index in [9.17, 15) is 4.79 Å². The fourth-order valence-corrected chi connectivity index (χ4v) is 3.12. The highest BCUT2D eigenvalue weighted by molar-refractivity contribution is 7.17. The number of para-hydroxylation sites is 1. The van der Waals surface area contributed by atoms with Crippen LogP contribution >= 0.6 is 11.3 Å². The number of hydrogen-bond donors (Lipinski definition) is 2. The van der Waals surface area contributed by atoms with Crippen LogP contribution in [0, 0.1) is 0 Å². The molecular weight excluding hydrogens is 300 g/mol. The normalized spacial score (nSPS) is 12.9. The Morgan fingerprint density at radius 1 is 1.45 bits per heavy atom. The zero-order valence-electron chi connectivity index (χ0n) is 12.3. The topological polar surface area (TPSA) is 66.5 Å². The molecule has 0 spiro atoms. The molecule has 2 heterocycles. The molecule has 0 atom stereocenters. The minimum atomic E-state index is -0.246. The Balaban J connectivity index is 1.44. The predicted octanol–water partition coefficient (Wildman–Crippen LogP) is 2.34. The number of nitrogens with one attached hydrogen (secondary N) is 2. The Morgan fingerprint density at radius 3 is 3.14 bits per heavy atom. The highest BCUT2D eigenvalue weighted by Gasteiger charge is 2.17. The van der Waals surface area contributed by atoms with Crippen molar-refractivity contribution < 1.29 is 9.53 Å². The molecule has 3 rings (SSSR count). The van der Waals surface area contributed by atoms with Gasteiger partial charge in [-0.1, -0.05) is 29.5 Å². The van der Waals surface area contributed by atoms with Crippen molar-refractivity contribution in [1.82, 2.24) is 10.3 Å². The third-order valence-corrected chi connectivity index (χ3v) is 4.43. The van der Waals surface area contributed by atoms with Crippen LogP contribution < -0.4 is 20.3 Å². The summed E-state index contributed by atoms with van der Waals surface area (Å²) in [5.41, 5.74) is 2.65. The van der Waals surface area contributed by atoms with Crippen molar-refractivity contribution >= 4 is 28.2 Å². The van der Waals surface area contributed by atoms with Crippen LogP contribution in [-0.2, 0) is 6.42 Å². The maximum atomic E-state index is 11.8. The van der Waals surface area contributed by atoms with E-state index in [-0.39, 0.29) is 6.03 Å². The van der Waals surface area contributed by atoms with Crippen molar-refractivity contribution in [3.8, 4) is 5.06 Å². The number of aromatic nitrogens is 1. The molecule has 2 aromatic rings. The molecule has 22 heavy (non-hydrogen) atoms. The number of amides is 2. The second kappa shape index (κ2) is 6.65.